The van der Waals surface area contributed by atoms with Gasteiger partial charge in [0.05, 0.1) is 7.11 Å². The number of methoxy groups -OCH3 is 1. The zero-order chi connectivity index (χ0) is 13.8. The minimum absolute atomic E-state index is 0.213. The van der Waals surface area contributed by atoms with Crippen molar-refractivity contribution in [2.75, 3.05) is 7.11 Å². The first-order valence-electron chi connectivity index (χ1n) is 5.82. The van der Waals surface area contributed by atoms with Crippen LogP contribution in [0.2, 0.25) is 0 Å². The Morgan fingerprint density at radius 2 is 1.89 bits per heavy atom. The summed E-state index contributed by atoms with van der Waals surface area (Å²) in [6.07, 6.45) is 0.423. The van der Waals surface area contributed by atoms with Crippen LogP contribution >= 0.6 is 15.9 Å². The van der Waals surface area contributed by atoms with Gasteiger partial charge in [-0.1, -0.05) is 34.1 Å². The van der Waals surface area contributed by atoms with Gasteiger partial charge < -0.3 is 4.74 Å². The van der Waals surface area contributed by atoms with Crippen LogP contribution in [0.15, 0.2) is 42.5 Å². The molecule has 0 saturated carbocycles. The van der Waals surface area contributed by atoms with Gasteiger partial charge in [-0.15, -0.1) is 0 Å². The van der Waals surface area contributed by atoms with E-state index in [2.05, 4.69) is 15.9 Å². The van der Waals surface area contributed by atoms with E-state index in [1.165, 1.54) is 25.3 Å². The molecule has 0 aromatic heterocycles. The average molecular weight is 327 g/mol. The van der Waals surface area contributed by atoms with Gasteiger partial charge in [0.1, 0.15) is 17.4 Å². The molecule has 100 valence electrons. The van der Waals surface area contributed by atoms with Gasteiger partial charge in [-0.2, -0.15) is 0 Å². The summed E-state index contributed by atoms with van der Waals surface area (Å²) in [7, 11) is 1.53. The second-order valence-electron chi connectivity index (χ2n) is 4.15. The Hall–Kier alpha value is -1.42. The Morgan fingerprint density at radius 1 is 1.16 bits per heavy atom. The van der Waals surface area contributed by atoms with Gasteiger partial charge in [0.2, 0.25) is 0 Å². The van der Waals surface area contributed by atoms with Crippen LogP contribution in [0, 0.1) is 11.6 Å². The minimum atomic E-state index is -0.339. The van der Waals surface area contributed by atoms with E-state index >= 15 is 0 Å². The van der Waals surface area contributed by atoms with E-state index in [-0.39, 0.29) is 16.5 Å². The third-order valence-corrected chi connectivity index (χ3v) is 3.70. The van der Waals surface area contributed by atoms with Gasteiger partial charge in [-0.3, -0.25) is 0 Å². The predicted molar refractivity (Wildman–Crippen MR) is 74.7 cm³/mol. The van der Waals surface area contributed by atoms with Crippen LogP contribution in [-0.4, -0.2) is 7.11 Å². The normalized spacial score (nSPS) is 12.2. The molecule has 0 N–H and O–H groups in total. The smallest absolute Gasteiger partial charge is 0.126 e. The molecule has 2 rings (SSSR count). The van der Waals surface area contributed by atoms with Gasteiger partial charge in [-0.05, 0) is 36.2 Å². The number of benzene rings is 2. The average Bonchev–Trinajstić information content (AvgIpc) is 2.41. The zero-order valence-electron chi connectivity index (χ0n) is 10.4. The molecule has 0 radical (unpaired) electrons. The molecule has 0 bridgehead atoms. The van der Waals surface area contributed by atoms with Crippen molar-refractivity contribution < 1.29 is 13.5 Å². The first-order valence-corrected chi connectivity index (χ1v) is 6.74. The van der Waals surface area contributed by atoms with Crippen molar-refractivity contribution in [1.29, 1.82) is 0 Å². The van der Waals surface area contributed by atoms with Gasteiger partial charge >= 0.3 is 0 Å². The molecular weight excluding hydrogens is 314 g/mol. The maximum atomic E-state index is 13.6. The van der Waals surface area contributed by atoms with Crippen LogP contribution in [0.5, 0.6) is 5.75 Å². The highest BCUT2D eigenvalue weighted by Gasteiger charge is 2.16. The summed E-state index contributed by atoms with van der Waals surface area (Å²) in [6.45, 7) is 0. The molecule has 0 heterocycles. The topological polar surface area (TPSA) is 9.23 Å². The van der Waals surface area contributed by atoms with Gasteiger partial charge in [-0.25, -0.2) is 8.78 Å². The van der Waals surface area contributed by atoms with E-state index in [1.54, 1.807) is 24.3 Å². The largest absolute Gasteiger partial charge is 0.496 e. The first-order chi connectivity index (χ1) is 9.11. The summed E-state index contributed by atoms with van der Waals surface area (Å²) in [4.78, 5) is -0.213. The van der Waals surface area contributed by atoms with Crippen molar-refractivity contribution in [3.05, 3.63) is 65.2 Å². The van der Waals surface area contributed by atoms with Crippen molar-refractivity contribution >= 4 is 15.9 Å². The standard InChI is InChI=1S/C15H13BrF2O/c1-19-15-7-6-11(17)9-12(15)13(16)8-10-4-2-3-5-14(10)18/h2-7,9,13H,8H2,1H3. The van der Waals surface area contributed by atoms with Crippen molar-refractivity contribution in [2.24, 2.45) is 0 Å². The number of hydrogen-bond acceptors (Lipinski definition) is 1. The second kappa shape index (κ2) is 6.15. The van der Waals surface area contributed by atoms with Crippen molar-refractivity contribution in [3.8, 4) is 5.75 Å². The molecule has 0 fully saturated rings. The summed E-state index contributed by atoms with van der Waals surface area (Å²) in [5, 5.41) is 0. The molecule has 0 amide bonds. The summed E-state index contributed by atoms with van der Waals surface area (Å²) >= 11 is 3.47. The summed E-state index contributed by atoms with van der Waals surface area (Å²) in [5.74, 6) is -0.0179. The molecule has 0 saturated heterocycles. The molecule has 0 aliphatic rings. The Kier molecular flexibility index (Phi) is 4.53. The van der Waals surface area contributed by atoms with E-state index < -0.39 is 0 Å². The molecule has 1 atom stereocenters. The zero-order valence-corrected chi connectivity index (χ0v) is 12.0. The second-order valence-corrected chi connectivity index (χ2v) is 5.25. The Labute approximate surface area is 119 Å². The minimum Gasteiger partial charge on any atom is -0.496 e. The third kappa shape index (κ3) is 3.32. The fraction of sp³-hybridized carbons (Fsp3) is 0.200. The molecular formula is C15H13BrF2O. The van der Waals surface area contributed by atoms with E-state index in [0.717, 1.165) is 0 Å². The van der Waals surface area contributed by atoms with Crippen LogP contribution in [0.1, 0.15) is 16.0 Å². The maximum Gasteiger partial charge on any atom is 0.126 e. The van der Waals surface area contributed by atoms with E-state index in [4.69, 9.17) is 4.74 Å². The molecule has 2 aromatic rings. The lowest BCUT2D eigenvalue weighted by Crippen LogP contribution is -2.01. The first kappa shape index (κ1) is 14.0. The Morgan fingerprint density at radius 3 is 2.58 bits per heavy atom. The monoisotopic (exact) mass is 326 g/mol. The van der Waals surface area contributed by atoms with Crippen molar-refractivity contribution in [1.82, 2.24) is 0 Å². The predicted octanol–water partition coefficient (Wildman–Crippen LogP) is 4.65. The fourth-order valence-electron chi connectivity index (χ4n) is 1.92. The van der Waals surface area contributed by atoms with Crippen molar-refractivity contribution in [2.45, 2.75) is 11.2 Å². The highest BCUT2D eigenvalue weighted by molar-refractivity contribution is 9.09. The van der Waals surface area contributed by atoms with Crippen LogP contribution < -0.4 is 4.74 Å². The van der Waals surface area contributed by atoms with E-state index in [0.29, 0.717) is 23.3 Å². The maximum absolute atomic E-state index is 13.6. The molecule has 1 unspecified atom stereocenters. The third-order valence-electron chi connectivity index (χ3n) is 2.89. The van der Waals surface area contributed by atoms with Crippen LogP contribution in [0.25, 0.3) is 0 Å². The van der Waals surface area contributed by atoms with Gasteiger partial charge in [0.15, 0.2) is 0 Å². The molecule has 1 nitrogen and oxygen atoms in total. The SMILES string of the molecule is COc1ccc(F)cc1C(Br)Cc1ccccc1F. The Balaban J connectivity index is 2.27. The fourth-order valence-corrected chi connectivity index (χ4v) is 2.62. The molecule has 0 spiro atoms. The van der Waals surface area contributed by atoms with Crippen LogP contribution in [0.4, 0.5) is 8.78 Å². The quantitative estimate of drug-likeness (QED) is 0.743. The van der Waals surface area contributed by atoms with Crippen LogP contribution in [-0.2, 0) is 6.42 Å². The lowest BCUT2D eigenvalue weighted by atomic mass is 10.0. The van der Waals surface area contributed by atoms with Gasteiger partial charge in [0, 0.05) is 10.4 Å². The molecule has 19 heavy (non-hydrogen) atoms. The van der Waals surface area contributed by atoms with Crippen LogP contribution in [0.3, 0.4) is 0 Å². The molecule has 0 aliphatic carbocycles. The summed E-state index contributed by atoms with van der Waals surface area (Å²) in [6, 6.07) is 10.9. The van der Waals surface area contributed by atoms with E-state index in [9.17, 15) is 8.78 Å². The number of alkyl halides is 1. The van der Waals surface area contributed by atoms with Crippen molar-refractivity contribution in [3.63, 3.8) is 0 Å². The lowest BCUT2D eigenvalue weighted by Gasteiger charge is -2.15. The Bertz CT molecular complexity index is 572. The van der Waals surface area contributed by atoms with E-state index in [1.807, 2.05) is 0 Å². The molecule has 4 heteroatoms. The number of ether oxygens (including phenoxy) is 1. The molecule has 0 aliphatic heterocycles. The lowest BCUT2D eigenvalue weighted by molar-refractivity contribution is 0.408. The van der Waals surface area contributed by atoms with Gasteiger partial charge in [0.25, 0.3) is 0 Å². The summed E-state index contributed by atoms with van der Waals surface area (Å²) in [5.41, 5.74) is 1.25. The highest BCUT2D eigenvalue weighted by Crippen LogP contribution is 2.34. The molecule has 2 aromatic carbocycles. The number of rotatable bonds is 4. The number of halogens is 3. The summed E-state index contributed by atoms with van der Waals surface area (Å²) < 4.78 is 32.1. The highest BCUT2D eigenvalue weighted by atomic mass is 79.9. The number of hydrogen-bond donors (Lipinski definition) is 0.